The quantitative estimate of drug-likeness (QED) is 0.780. The summed E-state index contributed by atoms with van der Waals surface area (Å²) in [6, 6.07) is 7.25. The zero-order valence-electron chi connectivity index (χ0n) is 8.57. The van der Waals surface area contributed by atoms with Gasteiger partial charge in [0, 0.05) is 5.02 Å². The van der Waals surface area contributed by atoms with Crippen molar-refractivity contribution >= 4 is 33.0 Å². The van der Waals surface area contributed by atoms with Crippen LogP contribution >= 0.6 is 23.2 Å². The third-order valence-electron chi connectivity index (χ3n) is 2.87. The molecule has 1 heterocycles. The summed E-state index contributed by atoms with van der Waals surface area (Å²) in [5.41, 5.74) is 0.938. The van der Waals surface area contributed by atoms with Gasteiger partial charge in [0.1, 0.15) is 0 Å². The maximum atomic E-state index is 11.4. The molecule has 88 valence electrons. The lowest BCUT2D eigenvalue weighted by Crippen LogP contribution is -2.10. The second kappa shape index (κ2) is 4.55. The molecular formula is C11H12Cl2O2S. The molecule has 0 radical (unpaired) electrons. The molecule has 1 aliphatic rings. The van der Waals surface area contributed by atoms with Crippen LogP contribution < -0.4 is 0 Å². The molecule has 0 saturated carbocycles. The molecule has 1 aromatic carbocycles. The first-order valence-corrected chi connectivity index (χ1v) is 7.71. The summed E-state index contributed by atoms with van der Waals surface area (Å²) < 4.78 is 22.7. The van der Waals surface area contributed by atoms with Crippen molar-refractivity contribution in [3.05, 3.63) is 34.9 Å². The van der Waals surface area contributed by atoms with E-state index in [1.54, 1.807) is 12.1 Å². The van der Waals surface area contributed by atoms with Crippen molar-refractivity contribution in [2.24, 2.45) is 5.92 Å². The maximum absolute atomic E-state index is 11.4. The predicted molar refractivity (Wildman–Crippen MR) is 66.8 cm³/mol. The van der Waals surface area contributed by atoms with E-state index in [0.717, 1.165) is 5.56 Å². The third-order valence-corrected chi connectivity index (χ3v) is 5.52. The molecule has 2 rings (SSSR count). The molecule has 16 heavy (non-hydrogen) atoms. The van der Waals surface area contributed by atoms with Gasteiger partial charge in [-0.05, 0) is 30.0 Å². The Hall–Kier alpha value is -0.250. The van der Waals surface area contributed by atoms with Crippen LogP contribution in [0.3, 0.4) is 0 Å². The second-order valence-corrected chi connectivity index (χ2v) is 7.25. The molecule has 0 aliphatic carbocycles. The van der Waals surface area contributed by atoms with Gasteiger partial charge in [-0.25, -0.2) is 8.42 Å². The Labute approximate surface area is 105 Å². The van der Waals surface area contributed by atoms with Crippen LogP contribution in [0.15, 0.2) is 24.3 Å². The first kappa shape index (κ1) is 12.2. The number of benzene rings is 1. The van der Waals surface area contributed by atoms with Crippen LogP contribution in [0, 0.1) is 5.92 Å². The van der Waals surface area contributed by atoms with Crippen LogP contribution in [0.1, 0.15) is 17.4 Å². The third kappa shape index (κ3) is 2.70. The molecule has 0 aromatic heterocycles. The highest BCUT2D eigenvalue weighted by molar-refractivity contribution is 7.91. The molecule has 0 spiro atoms. The van der Waals surface area contributed by atoms with Crippen LogP contribution in [0.4, 0.5) is 0 Å². The van der Waals surface area contributed by atoms with E-state index >= 15 is 0 Å². The first-order valence-electron chi connectivity index (χ1n) is 5.08. The van der Waals surface area contributed by atoms with E-state index < -0.39 is 9.84 Å². The Morgan fingerprint density at radius 1 is 1.25 bits per heavy atom. The maximum Gasteiger partial charge on any atom is 0.150 e. The van der Waals surface area contributed by atoms with E-state index in [1.807, 2.05) is 12.1 Å². The first-order chi connectivity index (χ1) is 7.48. The summed E-state index contributed by atoms with van der Waals surface area (Å²) in [6.07, 6.45) is 0.652. The highest BCUT2D eigenvalue weighted by Crippen LogP contribution is 2.36. The van der Waals surface area contributed by atoms with Crippen molar-refractivity contribution in [1.29, 1.82) is 0 Å². The molecule has 0 bridgehead atoms. The fourth-order valence-electron chi connectivity index (χ4n) is 1.97. The van der Waals surface area contributed by atoms with E-state index in [-0.39, 0.29) is 22.8 Å². The average molecular weight is 279 g/mol. The minimum absolute atomic E-state index is 0.0212. The fourth-order valence-corrected chi connectivity index (χ4v) is 4.41. The van der Waals surface area contributed by atoms with Crippen molar-refractivity contribution in [3.8, 4) is 0 Å². The Balaban J connectivity index is 2.14. The van der Waals surface area contributed by atoms with Crippen LogP contribution in [0.2, 0.25) is 5.02 Å². The van der Waals surface area contributed by atoms with Gasteiger partial charge < -0.3 is 0 Å². The summed E-state index contributed by atoms with van der Waals surface area (Å²) >= 11 is 12.1. The van der Waals surface area contributed by atoms with Gasteiger partial charge in [0.05, 0.1) is 16.9 Å². The second-order valence-electron chi connectivity index (χ2n) is 4.12. The van der Waals surface area contributed by atoms with E-state index in [0.29, 0.717) is 11.4 Å². The summed E-state index contributed by atoms with van der Waals surface area (Å²) in [5.74, 6) is 0.478. The molecule has 1 aromatic rings. The lowest BCUT2D eigenvalue weighted by molar-refractivity contribution is 0.569. The van der Waals surface area contributed by atoms with Crippen molar-refractivity contribution in [1.82, 2.24) is 0 Å². The molecule has 2 unspecified atom stereocenters. The van der Waals surface area contributed by atoms with Crippen LogP contribution in [0.25, 0.3) is 0 Å². The highest BCUT2D eigenvalue weighted by atomic mass is 35.5. The Morgan fingerprint density at radius 2 is 1.88 bits per heavy atom. The molecule has 1 fully saturated rings. The van der Waals surface area contributed by atoms with Crippen LogP contribution in [-0.4, -0.2) is 19.9 Å². The van der Waals surface area contributed by atoms with Gasteiger partial charge in [-0.3, -0.25) is 0 Å². The SMILES string of the molecule is O=S1(=O)CCC(C(Cl)c2ccc(Cl)cc2)C1. The summed E-state index contributed by atoms with van der Waals surface area (Å²) in [4.78, 5) is 0. The van der Waals surface area contributed by atoms with Crippen molar-refractivity contribution < 1.29 is 8.42 Å². The Kier molecular flexibility index (Phi) is 3.48. The van der Waals surface area contributed by atoms with Crippen LogP contribution in [-0.2, 0) is 9.84 Å². The average Bonchev–Trinajstić information content (AvgIpc) is 2.59. The zero-order chi connectivity index (χ0) is 11.8. The minimum atomic E-state index is -2.87. The van der Waals surface area contributed by atoms with E-state index in [2.05, 4.69) is 0 Å². The summed E-state index contributed by atoms with van der Waals surface area (Å²) in [5, 5.41) is 0.418. The van der Waals surface area contributed by atoms with Gasteiger partial charge in [-0.1, -0.05) is 23.7 Å². The van der Waals surface area contributed by atoms with Gasteiger partial charge >= 0.3 is 0 Å². The lowest BCUT2D eigenvalue weighted by atomic mass is 9.98. The summed E-state index contributed by atoms with van der Waals surface area (Å²) in [6.45, 7) is 0. The number of hydrogen-bond donors (Lipinski definition) is 0. The molecule has 2 atom stereocenters. The van der Waals surface area contributed by atoms with E-state index in [1.165, 1.54) is 0 Å². The van der Waals surface area contributed by atoms with Crippen molar-refractivity contribution in [2.75, 3.05) is 11.5 Å². The van der Waals surface area contributed by atoms with Gasteiger partial charge in [0.2, 0.25) is 0 Å². The number of rotatable bonds is 2. The van der Waals surface area contributed by atoms with Crippen molar-refractivity contribution in [3.63, 3.8) is 0 Å². The minimum Gasteiger partial charge on any atom is -0.229 e. The normalized spacial score (nSPS) is 25.5. The monoisotopic (exact) mass is 278 g/mol. The Bertz CT molecular complexity index is 467. The predicted octanol–water partition coefficient (Wildman–Crippen LogP) is 3.05. The highest BCUT2D eigenvalue weighted by Gasteiger charge is 2.33. The molecular weight excluding hydrogens is 267 g/mol. The zero-order valence-corrected chi connectivity index (χ0v) is 10.9. The molecule has 0 N–H and O–H groups in total. The van der Waals surface area contributed by atoms with E-state index in [4.69, 9.17) is 23.2 Å². The topological polar surface area (TPSA) is 34.1 Å². The Morgan fingerprint density at radius 3 is 2.38 bits per heavy atom. The largest absolute Gasteiger partial charge is 0.229 e. The number of halogens is 2. The van der Waals surface area contributed by atoms with E-state index in [9.17, 15) is 8.42 Å². The summed E-state index contributed by atoms with van der Waals surface area (Å²) in [7, 11) is -2.87. The fraction of sp³-hybridized carbons (Fsp3) is 0.455. The molecule has 5 heteroatoms. The molecule has 1 saturated heterocycles. The van der Waals surface area contributed by atoms with Crippen LogP contribution in [0.5, 0.6) is 0 Å². The number of alkyl halides is 1. The standard InChI is InChI=1S/C11H12Cl2O2S/c12-10-3-1-8(2-4-10)11(13)9-5-6-16(14,15)7-9/h1-4,9,11H,5-7H2. The number of sulfone groups is 1. The van der Waals surface area contributed by atoms with Gasteiger partial charge in [0.15, 0.2) is 9.84 Å². The molecule has 2 nitrogen and oxygen atoms in total. The lowest BCUT2D eigenvalue weighted by Gasteiger charge is -2.15. The van der Waals surface area contributed by atoms with Gasteiger partial charge in [-0.2, -0.15) is 0 Å². The van der Waals surface area contributed by atoms with Gasteiger partial charge in [0.25, 0.3) is 0 Å². The van der Waals surface area contributed by atoms with Crippen molar-refractivity contribution in [2.45, 2.75) is 11.8 Å². The smallest absolute Gasteiger partial charge is 0.150 e. The molecule has 0 amide bonds. The molecule has 1 aliphatic heterocycles. The number of hydrogen-bond acceptors (Lipinski definition) is 2. The van der Waals surface area contributed by atoms with Gasteiger partial charge in [-0.15, -0.1) is 11.6 Å².